The fraction of sp³-hybridized carbons (Fsp3) is 0.364. The van der Waals surface area contributed by atoms with Crippen molar-refractivity contribution in [3.05, 3.63) is 59.7 Å². The summed E-state index contributed by atoms with van der Waals surface area (Å²) in [7, 11) is -3.67. The largest absolute Gasteiger partial charge is 0.350 e. The summed E-state index contributed by atoms with van der Waals surface area (Å²) in [5.74, 6) is 0.613. The van der Waals surface area contributed by atoms with Crippen LogP contribution in [0.5, 0.6) is 0 Å². The number of benzene rings is 2. The van der Waals surface area contributed by atoms with Gasteiger partial charge in [-0.25, -0.2) is 0 Å². The van der Waals surface area contributed by atoms with Gasteiger partial charge in [0.2, 0.25) is 0 Å². The minimum Gasteiger partial charge on any atom is -0.350 e. The van der Waals surface area contributed by atoms with Crippen LogP contribution in [-0.2, 0) is 19.5 Å². The van der Waals surface area contributed by atoms with Crippen molar-refractivity contribution >= 4 is 27.5 Å². The maximum absolute atomic E-state index is 12.9. The van der Waals surface area contributed by atoms with Crippen LogP contribution in [0.4, 0.5) is 5.69 Å². The second-order valence-corrected chi connectivity index (χ2v) is 9.43. The highest BCUT2D eigenvalue weighted by Crippen LogP contribution is 2.28. The van der Waals surface area contributed by atoms with Crippen LogP contribution in [0.15, 0.2) is 57.8 Å². The predicted octanol–water partition coefficient (Wildman–Crippen LogP) is 2.47. The number of rotatable bonds is 3. The third kappa shape index (κ3) is 3.96. The van der Waals surface area contributed by atoms with Gasteiger partial charge in [0, 0.05) is 35.8 Å². The summed E-state index contributed by atoms with van der Waals surface area (Å²) in [6.07, 6.45) is 1.60. The molecule has 0 unspecified atom stereocenters. The smallest absolute Gasteiger partial charge is 0.285 e. The van der Waals surface area contributed by atoms with Crippen molar-refractivity contribution in [2.75, 3.05) is 31.6 Å². The molecule has 0 radical (unpaired) electrons. The van der Waals surface area contributed by atoms with Gasteiger partial charge in [-0.1, -0.05) is 12.1 Å². The predicted molar refractivity (Wildman–Crippen MR) is 115 cm³/mol. The van der Waals surface area contributed by atoms with E-state index in [1.54, 1.807) is 48.5 Å². The van der Waals surface area contributed by atoms with Crippen LogP contribution in [0.25, 0.3) is 0 Å². The molecule has 3 heterocycles. The van der Waals surface area contributed by atoms with E-state index in [2.05, 4.69) is 9.71 Å². The SMILES string of the molecule is O=C(c1ccc(NC2=NS(=O)(=O)c3ccccc32)cc1)N1CCC(C2OCCO2)CC1. The molecule has 162 valence electrons. The van der Waals surface area contributed by atoms with Crippen molar-refractivity contribution in [3.8, 4) is 0 Å². The highest BCUT2D eigenvalue weighted by atomic mass is 32.2. The van der Waals surface area contributed by atoms with E-state index < -0.39 is 10.0 Å². The second kappa shape index (κ2) is 8.07. The van der Waals surface area contributed by atoms with E-state index in [1.807, 2.05) is 4.90 Å². The first-order valence-corrected chi connectivity index (χ1v) is 11.8. The van der Waals surface area contributed by atoms with Gasteiger partial charge in [0.25, 0.3) is 15.9 Å². The number of sulfonamides is 1. The standard InChI is InChI=1S/C22H23N3O5S/c26-21(25-11-9-16(10-12-25)22-29-13-14-30-22)15-5-7-17(8-6-15)23-20-18-3-1-2-4-19(18)31(27,28)24-20/h1-8,16,22H,9-14H2,(H,23,24). The first-order chi connectivity index (χ1) is 15.0. The number of hydrogen-bond acceptors (Lipinski definition) is 6. The van der Waals surface area contributed by atoms with Gasteiger partial charge in [-0.15, -0.1) is 4.40 Å². The first kappa shape index (κ1) is 20.2. The molecule has 8 nitrogen and oxygen atoms in total. The topological polar surface area (TPSA) is 97.3 Å². The molecule has 1 amide bonds. The molecule has 0 spiro atoms. The van der Waals surface area contributed by atoms with Crippen LogP contribution < -0.4 is 5.32 Å². The van der Waals surface area contributed by atoms with Crippen LogP contribution in [-0.4, -0.2) is 57.7 Å². The lowest BCUT2D eigenvalue weighted by atomic mass is 9.95. The zero-order valence-electron chi connectivity index (χ0n) is 16.9. The van der Waals surface area contributed by atoms with E-state index in [-0.39, 0.29) is 22.9 Å². The maximum Gasteiger partial charge on any atom is 0.285 e. The Balaban J connectivity index is 1.23. The van der Waals surface area contributed by atoms with Crippen LogP contribution >= 0.6 is 0 Å². The summed E-state index contributed by atoms with van der Waals surface area (Å²) >= 11 is 0. The van der Waals surface area contributed by atoms with Crippen LogP contribution in [0, 0.1) is 5.92 Å². The van der Waals surface area contributed by atoms with E-state index in [9.17, 15) is 13.2 Å². The number of likely N-dealkylation sites (tertiary alicyclic amines) is 1. The first-order valence-electron chi connectivity index (χ1n) is 10.4. The lowest BCUT2D eigenvalue weighted by molar-refractivity contribution is -0.0956. The quantitative estimate of drug-likeness (QED) is 0.786. The lowest BCUT2D eigenvalue weighted by Gasteiger charge is -2.33. The molecule has 31 heavy (non-hydrogen) atoms. The Morgan fingerprint density at radius 1 is 1.00 bits per heavy atom. The molecule has 2 saturated heterocycles. The number of fused-ring (bicyclic) bond motifs is 1. The maximum atomic E-state index is 12.9. The van der Waals surface area contributed by atoms with Crippen LogP contribution in [0.1, 0.15) is 28.8 Å². The number of amides is 1. The van der Waals surface area contributed by atoms with E-state index in [0.29, 0.717) is 49.0 Å². The molecule has 2 aromatic rings. The van der Waals surface area contributed by atoms with Crippen molar-refractivity contribution in [2.45, 2.75) is 24.0 Å². The zero-order valence-corrected chi connectivity index (χ0v) is 17.7. The van der Waals surface area contributed by atoms with E-state index >= 15 is 0 Å². The Hall–Kier alpha value is -2.75. The number of amidine groups is 1. The summed E-state index contributed by atoms with van der Waals surface area (Å²) < 4.78 is 39.4. The van der Waals surface area contributed by atoms with Gasteiger partial charge in [-0.3, -0.25) is 4.79 Å². The highest BCUT2D eigenvalue weighted by Gasteiger charge is 2.32. The summed E-state index contributed by atoms with van der Waals surface area (Å²) in [5.41, 5.74) is 1.80. The van der Waals surface area contributed by atoms with Gasteiger partial charge in [0.05, 0.1) is 13.2 Å². The Labute approximate surface area is 180 Å². The van der Waals surface area contributed by atoms with Gasteiger partial charge in [-0.2, -0.15) is 8.42 Å². The molecular formula is C22H23N3O5S. The molecule has 2 fully saturated rings. The van der Waals surface area contributed by atoms with Crippen molar-refractivity contribution in [2.24, 2.45) is 10.3 Å². The molecule has 0 atom stereocenters. The van der Waals surface area contributed by atoms with E-state index in [4.69, 9.17) is 9.47 Å². The van der Waals surface area contributed by atoms with Crippen LogP contribution in [0.3, 0.4) is 0 Å². The number of nitrogens with one attached hydrogen (secondary N) is 1. The lowest BCUT2D eigenvalue weighted by Crippen LogP contribution is -2.41. The number of carbonyl (C=O) groups excluding carboxylic acids is 1. The summed E-state index contributed by atoms with van der Waals surface area (Å²) in [6.45, 7) is 2.65. The molecule has 3 aliphatic rings. The molecule has 0 saturated carbocycles. The molecule has 0 aliphatic carbocycles. The normalized spacial score (nSPS) is 21.0. The number of nitrogens with zero attached hydrogens (tertiary/aromatic N) is 2. The van der Waals surface area contributed by atoms with Crippen molar-refractivity contribution < 1.29 is 22.7 Å². The Bertz CT molecular complexity index is 1120. The Kier molecular flexibility index (Phi) is 5.25. The zero-order chi connectivity index (χ0) is 21.4. The minimum absolute atomic E-state index is 0.00982. The van der Waals surface area contributed by atoms with Gasteiger partial charge in [0.1, 0.15) is 4.90 Å². The van der Waals surface area contributed by atoms with Gasteiger partial charge in [0.15, 0.2) is 12.1 Å². The Morgan fingerprint density at radius 3 is 2.39 bits per heavy atom. The summed E-state index contributed by atoms with van der Waals surface area (Å²) in [6, 6.07) is 13.7. The van der Waals surface area contributed by atoms with Crippen molar-refractivity contribution in [1.82, 2.24) is 4.90 Å². The van der Waals surface area contributed by atoms with Gasteiger partial charge in [-0.05, 0) is 49.2 Å². The van der Waals surface area contributed by atoms with Crippen molar-refractivity contribution in [3.63, 3.8) is 0 Å². The third-order valence-corrected chi connectivity index (χ3v) is 7.22. The second-order valence-electron chi connectivity index (χ2n) is 7.85. The van der Waals surface area contributed by atoms with Crippen molar-refractivity contribution in [1.29, 1.82) is 0 Å². The van der Waals surface area contributed by atoms with Gasteiger partial charge < -0.3 is 19.7 Å². The fourth-order valence-electron chi connectivity index (χ4n) is 4.23. The molecule has 2 aromatic carbocycles. The highest BCUT2D eigenvalue weighted by molar-refractivity contribution is 7.90. The average Bonchev–Trinajstić information content (AvgIpc) is 3.41. The monoisotopic (exact) mass is 441 g/mol. The van der Waals surface area contributed by atoms with E-state index in [0.717, 1.165) is 12.8 Å². The molecule has 5 rings (SSSR count). The number of ether oxygens (including phenoxy) is 2. The molecular weight excluding hydrogens is 418 g/mol. The Morgan fingerprint density at radius 2 is 1.68 bits per heavy atom. The number of hydrogen-bond donors (Lipinski definition) is 1. The number of anilines is 1. The molecule has 1 N–H and O–H groups in total. The molecule has 9 heteroatoms. The number of piperidine rings is 1. The molecule has 0 bridgehead atoms. The average molecular weight is 442 g/mol. The molecule has 0 aromatic heterocycles. The van der Waals surface area contributed by atoms with Crippen LogP contribution in [0.2, 0.25) is 0 Å². The third-order valence-electron chi connectivity index (χ3n) is 5.89. The van der Waals surface area contributed by atoms with Gasteiger partial charge >= 0.3 is 0 Å². The number of carbonyl (C=O) groups is 1. The summed E-state index contributed by atoms with van der Waals surface area (Å²) in [4.78, 5) is 14.9. The van der Waals surface area contributed by atoms with E-state index in [1.165, 1.54) is 0 Å². The minimum atomic E-state index is -3.67. The fourth-order valence-corrected chi connectivity index (χ4v) is 5.41. The summed E-state index contributed by atoms with van der Waals surface area (Å²) in [5, 5.41) is 3.05. The molecule has 3 aliphatic heterocycles.